The molecule has 1 aromatic carbocycles. The van der Waals surface area contributed by atoms with Crippen molar-refractivity contribution in [3.05, 3.63) is 29.3 Å². The molecule has 3 heteroatoms. The van der Waals surface area contributed by atoms with E-state index in [0.29, 0.717) is 11.9 Å². The van der Waals surface area contributed by atoms with Gasteiger partial charge < -0.3 is 9.84 Å². The van der Waals surface area contributed by atoms with Crippen LogP contribution in [0.3, 0.4) is 0 Å². The van der Waals surface area contributed by atoms with Crippen LogP contribution in [0.25, 0.3) is 0 Å². The van der Waals surface area contributed by atoms with Gasteiger partial charge in [0.15, 0.2) is 0 Å². The summed E-state index contributed by atoms with van der Waals surface area (Å²) < 4.78 is 5.65. The minimum atomic E-state index is 0.410. The molecule has 0 amide bonds. The maximum Gasteiger partial charge on any atom is 0.120 e. The lowest BCUT2D eigenvalue weighted by atomic mass is 10.1. The summed E-state index contributed by atoms with van der Waals surface area (Å²) in [5.74, 6) is 0.410. The second kappa shape index (κ2) is 6.21. The Morgan fingerprint density at radius 2 is 2.06 bits per heavy atom. The number of aryl methyl sites for hydroxylation is 1. The molecule has 0 radical (unpaired) electrons. The van der Waals surface area contributed by atoms with Gasteiger partial charge in [-0.3, -0.25) is 4.90 Å². The number of phenolic OH excluding ortho intramolecular Hbond substituents is 1. The molecule has 1 fully saturated rings. The molecule has 0 bridgehead atoms. The van der Waals surface area contributed by atoms with Crippen LogP contribution in [-0.4, -0.2) is 35.8 Å². The number of ether oxygens (including phenoxy) is 1. The molecule has 2 rings (SSSR count). The molecule has 3 nitrogen and oxygen atoms in total. The van der Waals surface area contributed by atoms with E-state index >= 15 is 0 Å². The van der Waals surface area contributed by atoms with E-state index in [0.717, 1.165) is 44.6 Å². The van der Waals surface area contributed by atoms with Crippen LogP contribution in [0.2, 0.25) is 0 Å². The molecule has 0 atom stereocenters. The van der Waals surface area contributed by atoms with Crippen molar-refractivity contribution < 1.29 is 9.84 Å². The van der Waals surface area contributed by atoms with Crippen molar-refractivity contribution >= 4 is 0 Å². The van der Waals surface area contributed by atoms with Gasteiger partial charge in [0.25, 0.3) is 0 Å². The van der Waals surface area contributed by atoms with Crippen LogP contribution in [0.15, 0.2) is 18.2 Å². The maximum atomic E-state index is 9.85. The zero-order valence-electron chi connectivity index (χ0n) is 11.4. The summed E-state index contributed by atoms with van der Waals surface area (Å²) in [5, 5.41) is 9.85. The van der Waals surface area contributed by atoms with Gasteiger partial charge in [-0.1, -0.05) is 17.7 Å². The molecule has 0 saturated carbocycles. The average Bonchev–Trinajstić information content (AvgIpc) is 2.37. The Labute approximate surface area is 109 Å². The lowest BCUT2D eigenvalue weighted by Crippen LogP contribution is -2.36. The van der Waals surface area contributed by atoms with Crippen molar-refractivity contribution in [2.45, 2.75) is 39.3 Å². The predicted octanol–water partition coefficient (Wildman–Crippen LogP) is 2.70. The van der Waals surface area contributed by atoms with Crippen molar-refractivity contribution in [1.82, 2.24) is 4.90 Å². The fourth-order valence-corrected chi connectivity index (χ4v) is 2.55. The second-order valence-corrected chi connectivity index (χ2v) is 5.06. The minimum absolute atomic E-state index is 0.410. The van der Waals surface area contributed by atoms with E-state index in [2.05, 4.69) is 24.8 Å². The van der Waals surface area contributed by atoms with E-state index in [9.17, 15) is 5.11 Å². The zero-order chi connectivity index (χ0) is 13.0. The van der Waals surface area contributed by atoms with Crippen molar-refractivity contribution in [2.24, 2.45) is 0 Å². The molecule has 1 aliphatic rings. The van der Waals surface area contributed by atoms with E-state index in [1.807, 2.05) is 6.07 Å². The number of benzene rings is 1. The van der Waals surface area contributed by atoms with Gasteiger partial charge in [-0.25, -0.2) is 0 Å². The Kier molecular flexibility index (Phi) is 4.61. The van der Waals surface area contributed by atoms with Crippen LogP contribution in [0.5, 0.6) is 5.75 Å². The van der Waals surface area contributed by atoms with Crippen molar-refractivity contribution in [2.75, 3.05) is 19.7 Å². The topological polar surface area (TPSA) is 32.7 Å². The molecular formula is C15H23NO2. The fraction of sp³-hybridized carbons (Fsp3) is 0.600. The number of aromatic hydroxyl groups is 1. The van der Waals surface area contributed by atoms with Crippen LogP contribution in [0.1, 0.15) is 30.9 Å². The highest BCUT2D eigenvalue weighted by Gasteiger charge is 2.19. The summed E-state index contributed by atoms with van der Waals surface area (Å²) in [6, 6.07) is 5.81. The summed E-state index contributed by atoms with van der Waals surface area (Å²) >= 11 is 0. The molecule has 100 valence electrons. The van der Waals surface area contributed by atoms with Gasteiger partial charge in [0.1, 0.15) is 5.75 Å². The molecule has 0 aliphatic carbocycles. The number of nitrogens with zero attached hydrogens (tertiary/aromatic N) is 1. The number of hydrogen-bond donors (Lipinski definition) is 1. The number of hydrogen-bond acceptors (Lipinski definition) is 3. The minimum Gasteiger partial charge on any atom is -0.508 e. The summed E-state index contributed by atoms with van der Waals surface area (Å²) in [7, 11) is 0. The van der Waals surface area contributed by atoms with Gasteiger partial charge in [-0.2, -0.15) is 0 Å². The number of phenols is 1. The van der Waals surface area contributed by atoms with E-state index in [4.69, 9.17) is 4.74 Å². The van der Waals surface area contributed by atoms with Gasteiger partial charge >= 0.3 is 0 Å². The first kappa shape index (κ1) is 13.4. The Bertz CT molecular complexity index is 384. The third-order valence-corrected chi connectivity index (χ3v) is 3.57. The monoisotopic (exact) mass is 249 g/mol. The molecule has 18 heavy (non-hydrogen) atoms. The third kappa shape index (κ3) is 3.47. The lowest BCUT2D eigenvalue weighted by molar-refractivity contribution is 0.0124. The van der Waals surface area contributed by atoms with Crippen LogP contribution >= 0.6 is 0 Å². The first-order valence-corrected chi connectivity index (χ1v) is 6.81. The summed E-state index contributed by atoms with van der Waals surface area (Å²) in [6.45, 7) is 7.87. The molecule has 1 heterocycles. The summed E-state index contributed by atoms with van der Waals surface area (Å²) in [4.78, 5) is 2.39. The summed E-state index contributed by atoms with van der Waals surface area (Å²) in [6.07, 6.45) is 2.62. The Hall–Kier alpha value is -1.06. The zero-order valence-corrected chi connectivity index (χ0v) is 11.4. The second-order valence-electron chi connectivity index (χ2n) is 5.06. The largest absolute Gasteiger partial charge is 0.508 e. The molecular weight excluding hydrogens is 226 g/mol. The average molecular weight is 249 g/mol. The lowest BCUT2D eigenvalue weighted by Gasteiger charge is -2.31. The summed E-state index contributed by atoms with van der Waals surface area (Å²) in [5.41, 5.74) is 2.23. The van der Waals surface area contributed by atoms with Gasteiger partial charge in [0.05, 0.1) is 6.10 Å². The molecule has 1 aromatic rings. The SMILES string of the molecule is CCOC1CCN(Cc2cc(C)ccc2O)CC1. The van der Waals surface area contributed by atoms with Crippen molar-refractivity contribution in [3.63, 3.8) is 0 Å². The first-order valence-electron chi connectivity index (χ1n) is 6.81. The molecule has 0 aromatic heterocycles. The van der Waals surface area contributed by atoms with E-state index in [-0.39, 0.29) is 0 Å². The normalized spacial score (nSPS) is 18.1. The smallest absolute Gasteiger partial charge is 0.120 e. The standard InChI is InChI=1S/C15H23NO2/c1-3-18-14-6-8-16(9-7-14)11-13-10-12(2)4-5-15(13)17/h4-5,10,14,17H,3,6-9,11H2,1-2H3. The quantitative estimate of drug-likeness (QED) is 0.890. The molecule has 1 aliphatic heterocycles. The van der Waals surface area contributed by atoms with Crippen LogP contribution < -0.4 is 0 Å². The predicted molar refractivity (Wildman–Crippen MR) is 72.8 cm³/mol. The van der Waals surface area contributed by atoms with Crippen LogP contribution in [0.4, 0.5) is 0 Å². The van der Waals surface area contributed by atoms with Crippen LogP contribution in [0, 0.1) is 6.92 Å². The Balaban J connectivity index is 1.89. The number of piperidine rings is 1. The van der Waals surface area contributed by atoms with Gasteiger partial charge in [-0.05, 0) is 32.8 Å². The molecule has 0 unspecified atom stereocenters. The van der Waals surface area contributed by atoms with Gasteiger partial charge in [0, 0.05) is 31.8 Å². The van der Waals surface area contributed by atoms with Crippen molar-refractivity contribution in [3.8, 4) is 5.75 Å². The van der Waals surface area contributed by atoms with Crippen LogP contribution in [-0.2, 0) is 11.3 Å². The Morgan fingerprint density at radius 3 is 2.72 bits per heavy atom. The van der Waals surface area contributed by atoms with Gasteiger partial charge in [0.2, 0.25) is 0 Å². The Morgan fingerprint density at radius 1 is 1.33 bits per heavy atom. The van der Waals surface area contributed by atoms with E-state index in [1.165, 1.54) is 5.56 Å². The van der Waals surface area contributed by atoms with Gasteiger partial charge in [-0.15, -0.1) is 0 Å². The molecule has 0 spiro atoms. The highest BCUT2D eigenvalue weighted by atomic mass is 16.5. The first-order chi connectivity index (χ1) is 8.69. The molecule has 1 saturated heterocycles. The maximum absolute atomic E-state index is 9.85. The highest BCUT2D eigenvalue weighted by Crippen LogP contribution is 2.22. The fourth-order valence-electron chi connectivity index (χ4n) is 2.55. The van der Waals surface area contributed by atoms with E-state index in [1.54, 1.807) is 6.07 Å². The van der Waals surface area contributed by atoms with Crippen molar-refractivity contribution in [1.29, 1.82) is 0 Å². The highest BCUT2D eigenvalue weighted by molar-refractivity contribution is 5.35. The third-order valence-electron chi connectivity index (χ3n) is 3.57. The number of likely N-dealkylation sites (tertiary alicyclic amines) is 1. The number of rotatable bonds is 4. The van der Waals surface area contributed by atoms with E-state index < -0.39 is 0 Å². The molecule has 1 N–H and O–H groups in total.